The molecule has 0 spiro atoms. The molecule has 0 unspecified atom stereocenters. The van der Waals surface area contributed by atoms with Crippen molar-refractivity contribution in [2.75, 3.05) is 10.6 Å². The van der Waals surface area contributed by atoms with Gasteiger partial charge >= 0.3 is 0 Å². The molecule has 0 radical (unpaired) electrons. The third-order valence-corrected chi connectivity index (χ3v) is 8.08. The molecule has 0 saturated carbocycles. The Morgan fingerprint density at radius 1 is 0.569 bits per heavy atom. The van der Waals surface area contributed by atoms with Gasteiger partial charge in [0.1, 0.15) is 0 Å². The van der Waals surface area contributed by atoms with Gasteiger partial charge in [-0.15, -0.1) is 24.8 Å². The fourth-order valence-electron chi connectivity index (χ4n) is 5.88. The molecule has 0 aliphatic heterocycles. The highest BCUT2D eigenvalue weighted by molar-refractivity contribution is 6.11. The summed E-state index contributed by atoms with van der Waals surface area (Å²) < 4.78 is 0. The summed E-state index contributed by atoms with van der Waals surface area (Å²) in [6, 6.07) is 26.9. The fourth-order valence-corrected chi connectivity index (χ4v) is 5.88. The molecule has 0 fully saturated rings. The lowest BCUT2D eigenvalue weighted by molar-refractivity contribution is 0.100. The molecule has 4 aromatic carbocycles. The maximum atomic E-state index is 11.6. The van der Waals surface area contributed by atoms with E-state index in [0.29, 0.717) is 11.1 Å². The minimum absolute atomic E-state index is 0. The van der Waals surface area contributed by atoms with Crippen LogP contribution in [0.4, 0.5) is 22.7 Å². The summed E-state index contributed by atoms with van der Waals surface area (Å²) in [7, 11) is 0. The maximum Gasteiger partial charge on any atom is 0.159 e. The number of benzene rings is 4. The number of aromatic amines is 2. The van der Waals surface area contributed by atoms with E-state index in [1.54, 1.807) is 26.5 Å². The molecule has 0 aliphatic carbocycles. The molecule has 8 rings (SSSR count). The van der Waals surface area contributed by atoms with Crippen LogP contribution in [0.25, 0.3) is 43.9 Å². The minimum Gasteiger partial charge on any atom is -0.412 e. The molecular weight excluding hydrogens is 687 g/mol. The predicted octanol–water partition coefficient (Wildman–Crippen LogP) is 8.75. The van der Waals surface area contributed by atoms with Crippen LogP contribution in [-0.4, -0.2) is 46.9 Å². The summed E-state index contributed by atoms with van der Waals surface area (Å²) >= 11 is 0. The van der Waals surface area contributed by atoms with Gasteiger partial charge in [0.2, 0.25) is 0 Å². The highest BCUT2D eigenvalue weighted by atomic mass is 35.5. The topological polar surface area (TPSA) is 173 Å². The average molecular weight is 724 g/mol. The van der Waals surface area contributed by atoms with Crippen molar-refractivity contribution in [3.63, 3.8) is 0 Å². The van der Waals surface area contributed by atoms with Crippen molar-refractivity contribution >= 4 is 103 Å². The lowest BCUT2D eigenvalue weighted by Crippen LogP contribution is -1.98. The standard InChI is InChI=1S/2C19H16N4O.2ClH.H2O/c2*1-11-8-17(23-14-5-3-4-13(9-14)12(2)24)18-15(22-11)6-7-16-19(18)21-10-20-16;;;/h2*3-10H,1-2H3,(H,20,21)(H,22,23);2*1H;1H2. The summed E-state index contributed by atoms with van der Waals surface area (Å²) in [6.07, 6.45) is 3.37. The minimum atomic E-state index is 0. The van der Waals surface area contributed by atoms with Gasteiger partial charge in [0, 0.05) is 44.7 Å². The lowest BCUT2D eigenvalue weighted by Gasteiger charge is -2.12. The number of carbonyl (C=O) groups is 2. The largest absolute Gasteiger partial charge is 0.412 e. The highest BCUT2D eigenvalue weighted by Gasteiger charge is 2.13. The van der Waals surface area contributed by atoms with Gasteiger partial charge < -0.3 is 26.1 Å². The van der Waals surface area contributed by atoms with Crippen molar-refractivity contribution in [3.8, 4) is 0 Å². The van der Waals surface area contributed by atoms with E-state index in [1.807, 2.05) is 98.8 Å². The molecule has 0 bridgehead atoms. The number of fused-ring (bicyclic) bond motifs is 6. The number of Topliss-reactive ketones (excluding diaryl/α,β-unsaturated/α-hetero) is 2. The number of anilines is 4. The van der Waals surface area contributed by atoms with Crippen LogP contribution < -0.4 is 10.6 Å². The van der Waals surface area contributed by atoms with Crippen LogP contribution in [0.5, 0.6) is 0 Å². The third-order valence-electron chi connectivity index (χ3n) is 8.08. The number of pyridine rings is 2. The monoisotopic (exact) mass is 722 g/mol. The number of halogens is 2. The Morgan fingerprint density at radius 3 is 1.35 bits per heavy atom. The molecule has 4 aromatic heterocycles. The first-order chi connectivity index (χ1) is 23.2. The molecule has 13 heteroatoms. The van der Waals surface area contributed by atoms with Gasteiger partial charge in [-0.05, 0) is 88.4 Å². The Balaban J connectivity index is 0.000000216. The van der Waals surface area contributed by atoms with Crippen molar-refractivity contribution in [3.05, 3.63) is 120 Å². The number of aromatic nitrogens is 6. The zero-order valence-electron chi connectivity index (χ0n) is 28.2. The second-order valence-electron chi connectivity index (χ2n) is 11.7. The molecule has 6 N–H and O–H groups in total. The zero-order chi connectivity index (χ0) is 33.4. The first-order valence-corrected chi connectivity index (χ1v) is 15.5. The number of imidazole rings is 2. The maximum absolute atomic E-state index is 11.6. The smallest absolute Gasteiger partial charge is 0.159 e. The number of hydrogen-bond acceptors (Lipinski definition) is 8. The summed E-state index contributed by atoms with van der Waals surface area (Å²) in [5, 5.41) is 8.83. The van der Waals surface area contributed by atoms with E-state index < -0.39 is 0 Å². The number of H-pyrrole nitrogens is 2. The molecule has 0 atom stereocenters. The first-order valence-electron chi connectivity index (χ1n) is 15.5. The Bertz CT molecular complexity index is 2350. The SMILES string of the molecule is CC(=O)c1cccc(Nc2cc(C)nc3ccc4nc[nH]c4c23)c1.CC(=O)c1cccc(Nc2cc(C)nc3ccc4nc[nH]c4c23)c1.Cl.Cl.O. The lowest BCUT2D eigenvalue weighted by atomic mass is 10.1. The molecule has 0 amide bonds. The van der Waals surface area contributed by atoms with E-state index in [2.05, 4.69) is 40.5 Å². The van der Waals surface area contributed by atoms with Crippen LogP contribution in [0.2, 0.25) is 0 Å². The van der Waals surface area contributed by atoms with Crippen molar-refractivity contribution in [1.82, 2.24) is 29.9 Å². The van der Waals surface area contributed by atoms with Crippen molar-refractivity contribution in [2.45, 2.75) is 27.7 Å². The van der Waals surface area contributed by atoms with E-state index >= 15 is 0 Å². The van der Waals surface area contributed by atoms with E-state index in [9.17, 15) is 9.59 Å². The normalized spacial score (nSPS) is 10.4. The molecule has 51 heavy (non-hydrogen) atoms. The molecule has 260 valence electrons. The van der Waals surface area contributed by atoms with E-state index in [0.717, 1.165) is 78.0 Å². The van der Waals surface area contributed by atoms with Gasteiger partial charge in [0.05, 0.1) is 57.1 Å². The molecule has 4 heterocycles. The van der Waals surface area contributed by atoms with E-state index in [4.69, 9.17) is 0 Å². The van der Waals surface area contributed by atoms with Crippen LogP contribution in [0.1, 0.15) is 46.0 Å². The number of hydrogen-bond donors (Lipinski definition) is 4. The van der Waals surface area contributed by atoms with Gasteiger partial charge in [-0.1, -0.05) is 24.3 Å². The van der Waals surface area contributed by atoms with E-state index in [1.165, 1.54) is 0 Å². The molecular formula is C38H36Cl2N8O3. The molecule has 8 aromatic rings. The second-order valence-corrected chi connectivity index (χ2v) is 11.7. The number of ketones is 2. The number of rotatable bonds is 6. The predicted molar refractivity (Wildman–Crippen MR) is 210 cm³/mol. The second kappa shape index (κ2) is 15.8. The average Bonchev–Trinajstić information content (AvgIpc) is 3.75. The molecule has 0 aliphatic rings. The van der Waals surface area contributed by atoms with Gasteiger partial charge in [-0.3, -0.25) is 19.6 Å². The zero-order valence-corrected chi connectivity index (χ0v) is 29.8. The van der Waals surface area contributed by atoms with Gasteiger partial charge in [-0.2, -0.15) is 0 Å². The number of nitrogens with one attached hydrogen (secondary N) is 4. The van der Waals surface area contributed by atoms with Crippen molar-refractivity contribution in [2.24, 2.45) is 0 Å². The molecule has 11 nitrogen and oxygen atoms in total. The first kappa shape index (κ1) is 37.9. The Kier molecular flexibility index (Phi) is 11.7. The Hall–Kier alpha value is -5.88. The van der Waals surface area contributed by atoms with Crippen LogP contribution in [-0.2, 0) is 0 Å². The number of carbonyl (C=O) groups excluding carboxylic acids is 2. The molecule has 0 saturated heterocycles. The van der Waals surface area contributed by atoms with Crippen LogP contribution >= 0.6 is 24.8 Å². The van der Waals surface area contributed by atoms with Crippen LogP contribution in [0, 0.1) is 13.8 Å². The van der Waals surface area contributed by atoms with Gasteiger partial charge in [0.25, 0.3) is 0 Å². The van der Waals surface area contributed by atoms with Gasteiger partial charge in [-0.25, -0.2) is 9.97 Å². The summed E-state index contributed by atoms with van der Waals surface area (Å²) in [4.78, 5) is 47.5. The summed E-state index contributed by atoms with van der Waals surface area (Å²) in [6.45, 7) is 7.07. The van der Waals surface area contributed by atoms with Crippen molar-refractivity contribution < 1.29 is 15.1 Å². The van der Waals surface area contributed by atoms with Crippen molar-refractivity contribution in [1.29, 1.82) is 0 Å². The third kappa shape index (κ3) is 7.81. The Labute approximate surface area is 305 Å². The number of nitrogens with zero attached hydrogens (tertiary/aromatic N) is 4. The van der Waals surface area contributed by atoms with Gasteiger partial charge in [0.15, 0.2) is 11.6 Å². The Morgan fingerprint density at radius 2 is 0.961 bits per heavy atom. The highest BCUT2D eigenvalue weighted by Crippen LogP contribution is 2.33. The quantitative estimate of drug-likeness (QED) is 0.123. The number of aryl methyl sites for hydroxylation is 2. The summed E-state index contributed by atoms with van der Waals surface area (Å²) in [5.74, 6) is 0.0933. The van der Waals surface area contributed by atoms with Crippen LogP contribution in [0.15, 0.2) is 97.6 Å². The summed E-state index contributed by atoms with van der Waals surface area (Å²) in [5.41, 5.74) is 12.3. The van der Waals surface area contributed by atoms with E-state index in [-0.39, 0.29) is 41.9 Å². The fraction of sp³-hybridized carbons (Fsp3) is 0.105. The van der Waals surface area contributed by atoms with Crippen LogP contribution in [0.3, 0.4) is 0 Å².